The molecule has 144 valence electrons. The zero-order chi connectivity index (χ0) is 19.1. The second-order valence-corrected chi connectivity index (χ2v) is 9.37. The van der Waals surface area contributed by atoms with Crippen LogP contribution in [-0.2, 0) is 25.9 Å². The van der Waals surface area contributed by atoms with Crippen LogP contribution in [0.4, 0.5) is 13.2 Å². The van der Waals surface area contributed by atoms with Gasteiger partial charge in [-0.2, -0.15) is 13.2 Å². The topological polar surface area (TPSA) is 27.7 Å². The van der Waals surface area contributed by atoms with Gasteiger partial charge in [0.2, 0.25) is 0 Å². The Labute approximate surface area is 149 Å². The van der Waals surface area contributed by atoms with Crippen LogP contribution in [0.3, 0.4) is 0 Å². The molecule has 0 aliphatic rings. The van der Waals surface area contributed by atoms with E-state index in [1.54, 1.807) is 13.2 Å². The van der Waals surface area contributed by atoms with Gasteiger partial charge in [-0.15, -0.1) is 0 Å². The van der Waals surface area contributed by atoms with Gasteiger partial charge in [0.15, 0.2) is 0 Å². The Morgan fingerprint density at radius 3 is 2.08 bits per heavy atom. The summed E-state index contributed by atoms with van der Waals surface area (Å²) >= 11 is 0. The lowest BCUT2D eigenvalue weighted by Crippen LogP contribution is -2.48. The monoisotopic (exact) mass is 378 g/mol. The van der Waals surface area contributed by atoms with E-state index in [0.717, 1.165) is 18.9 Å². The first-order valence-corrected chi connectivity index (χ1v) is 10.6. The summed E-state index contributed by atoms with van der Waals surface area (Å²) in [6.45, 7) is 7.75. The van der Waals surface area contributed by atoms with Crippen LogP contribution in [0.2, 0.25) is 6.04 Å². The molecule has 0 aromatic heterocycles. The average Bonchev–Trinajstić information content (AvgIpc) is 2.49. The van der Waals surface area contributed by atoms with Crippen LogP contribution in [0.15, 0.2) is 24.3 Å². The molecule has 0 bridgehead atoms. The summed E-state index contributed by atoms with van der Waals surface area (Å²) in [6, 6.07) is 6.15. The van der Waals surface area contributed by atoms with Gasteiger partial charge in [-0.25, -0.2) is 0 Å². The molecule has 0 spiro atoms. The van der Waals surface area contributed by atoms with Crippen LogP contribution >= 0.6 is 0 Å². The number of hydrogen-bond donors (Lipinski definition) is 0. The molecule has 1 aromatic carbocycles. The lowest BCUT2D eigenvalue weighted by atomic mass is 10.1. The Balaban J connectivity index is 2.61. The van der Waals surface area contributed by atoms with Crippen molar-refractivity contribution in [2.45, 2.75) is 71.4 Å². The van der Waals surface area contributed by atoms with Crippen LogP contribution in [0.25, 0.3) is 0 Å². The molecule has 0 N–H and O–H groups in total. The van der Waals surface area contributed by atoms with E-state index >= 15 is 0 Å². The number of halogens is 3. The van der Waals surface area contributed by atoms with E-state index in [2.05, 4.69) is 0 Å². The largest absolute Gasteiger partial charge is 0.501 e. The molecule has 7 heteroatoms. The quantitative estimate of drug-likeness (QED) is 0.399. The second kappa shape index (κ2) is 9.71. The van der Waals surface area contributed by atoms with Gasteiger partial charge in [-0.05, 0) is 58.6 Å². The van der Waals surface area contributed by atoms with Gasteiger partial charge in [-0.1, -0.05) is 18.2 Å². The van der Waals surface area contributed by atoms with Crippen LogP contribution < -0.4 is 0 Å². The molecular formula is C18H29F3O3Si. The highest BCUT2D eigenvalue weighted by atomic mass is 28.4. The molecule has 3 nitrogen and oxygen atoms in total. The highest BCUT2D eigenvalue weighted by Gasteiger charge is 2.41. The maximum absolute atomic E-state index is 12.8. The van der Waals surface area contributed by atoms with Crippen molar-refractivity contribution in [3.8, 4) is 0 Å². The maximum atomic E-state index is 12.8. The molecule has 1 rings (SSSR count). The van der Waals surface area contributed by atoms with Crippen LogP contribution in [0.1, 0.15) is 51.7 Å². The van der Waals surface area contributed by atoms with Gasteiger partial charge in [0, 0.05) is 25.4 Å². The summed E-state index contributed by atoms with van der Waals surface area (Å²) in [5, 5.41) is 0. The summed E-state index contributed by atoms with van der Waals surface area (Å²) in [5.41, 5.74) is 0.0889. The third-order valence-electron chi connectivity index (χ3n) is 3.59. The number of alkyl halides is 3. The van der Waals surface area contributed by atoms with Crippen molar-refractivity contribution in [1.29, 1.82) is 0 Å². The first-order valence-electron chi connectivity index (χ1n) is 8.65. The highest BCUT2D eigenvalue weighted by Crippen LogP contribution is 2.30. The van der Waals surface area contributed by atoms with Crippen molar-refractivity contribution in [3.05, 3.63) is 35.4 Å². The predicted molar refractivity (Wildman–Crippen MR) is 94.4 cm³/mol. The molecule has 0 heterocycles. The molecule has 0 atom stereocenters. The van der Waals surface area contributed by atoms with E-state index in [4.69, 9.17) is 13.3 Å². The standard InChI is InChI=1S/C18H29F3O3Si/c1-14(2)23-25(22-5,24-15(3)4)12-7-6-9-16-10-8-11-17(13-16)18(19,20)21/h8,10-11,13-15H,6-7,9,12H2,1-5H3. The number of benzene rings is 1. The number of hydrogen-bond acceptors (Lipinski definition) is 3. The maximum Gasteiger partial charge on any atom is 0.501 e. The first kappa shape index (κ1) is 22.1. The fourth-order valence-corrected chi connectivity index (χ4v) is 5.44. The van der Waals surface area contributed by atoms with E-state index in [0.29, 0.717) is 18.0 Å². The molecule has 0 fully saturated rings. The van der Waals surface area contributed by atoms with Crippen molar-refractivity contribution >= 4 is 8.80 Å². The minimum absolute atomic E-state index is 0.00571. The molecule has 0 saturated carbocycles. The van der Waals surface area contributed by atoms with Gasteiger partial charge >= 0.3 is 15.0 Å². The van der Waals surface area contributed by atoms with E-state index in [9.17, 15) is 13.2 Å². The summed E-state index contributed by atoms with van der Waals surface area (Å²) in [5.74, 6) is 0. The Bertz CT molecular complexity index is 509. The molecule has 0 unspecified atom stereocenters. The molecule has 0 saturated heterocycles. The lowest BCUT2D eigenvalue weighted by molar-refractivity contribution is -0.137. The Morgan fingerprint density at radius 1 is 1.00 bits per heavy atom. The number of aryl methyl sites for hydroxylation is 1. The highest BCUT2D eigenvalue weighted by molar-refractivity contribution is 6.60. The van der Waals surface area contributed by atoms with Gasteiger partial charge in [0.1, 0.15) is 0 Å². The van der Waals surface area contributed by atoms with E-state index in [1.807, 2.05) is 27.7 Å². The SMILES string of the molecule is CO[Si](CCCCc1cccc(C(F)(F)F)c1)(OC(C)C)OC(C)C. The zero-order valence-corrected chi connectivity index (χ0v) is 16.7. The Kier molecular flexibility index (Phi) is 8.60. The van der Waals surface area contributed by atoms with Crippen molar-refractivity contribution in [1.82, 2.24) is 0 Å². The van der Waals surface area contributed by atoms with Gasteiger partial charge < -0.3 is 13.3 Å². The van der Waals surface area contributed by atoms with Crippen LogP contribution in [0, 0.1) is 0 Å². The average molecular weight is 379 g/mol. The number of rotatable bonds is 10. The van der Waals surface area contributed by atoms with Crippen molar-refractivity contribution < 1.29 is 26.4 Å². The zero-order valence-electron chi connectivity index (χ0n) is 15.7. The third-order valence-corrected chi connectivity index (χ3v) is 6.84. The molecule has 0 aliphatic heterocycles. The molecule has 1 aromatic rings. The fourth-order valence-electron chi connectivity index (χ4n) is 2.64. The Hall–Kier alpha value is -0.893. The third kappa shape index (κ3) is 7.90. The Morgan fingerprint density at radius 2 is 1.60 bits per heavy atom. The second-order valence-electron chi connectivity index (χ2n) is 6.63. The van der Waals surface area contributed by atoms with Gasteiger partial charge in [0.25, 0.3) is 0 Å². The van der Waals surface area contributed by atoms with E-state index in [-0.39, 0.29) is 12.2 Å². The summed E-state index contributed by atoms with van der Waals surface area (Å²) < 4.78 is 55.8. The van der Waals surface area contributed by atoms with Crippen molar-refractivity contribution in [3.63, 3.8) is 0 Å². The minimum atomic E-state index is -4.30. The molecule has 0 amide bonds. The van der Waals surface area contributed by atoms with Crippen LogP contribution in [-0.4, -0.2) is 28.1 Å². The molecule has 0 aliphatic carbocycles. The normalized spacial score (nSPS) is 13.0. The van der Waals surface area contributed by atoms with Gasteiger partial charge in [0.05, 0.1) is 5.56 Å². The summed E-state index contributed by atoms with van der Waals surface area (Å²) in [7, 11) is -1.15. The molecule has 25 heavy (non-hydrogen) atoms. The smallest absolute Gasteiger partial charge is 0.377 e. The van der Waals surface area contributed by atoms with Gasteiger partial charge in [-0.3, -0.25) is 0 Å². The van der Waals surface area contributed by atoms with Crippen molar-refractivity contribution in [2.75, 3.05) is 7.11 Å². The van der Waals surface area contributed by atoms with Crippen LogP contribution in [0.5, 0.6) is 0 Å². The lowest BCUT2D eigenvalue weighted by Gasteiger charge is -2.31. The predicted octanol–water partition coefficient (Wildman–Crippen LogP) is 5.46. The summed E-state index contributed by atoms with van der Waals surface area (Å²) in [4.78, 5) is 0. The van der Waals surface area contributed by atoms with E-state index < -0.39 is 20.5 Å². The molecule has 0 radical (unpaired) electrons. The van der Waals surface area contributed by atoms with Crippen molar-refractivity contribution in [2.24, 2.45) is 0 Å². The minimum Gasteiger partial charge on any atom is -0.377 e. The molecular weight excluding hydrogens is 349 g/mol. The number of unbranched alkanes of at least 4 members (excludes halogenated alkanes) is 1. The summed E-state index contributed by atoms with van der Waals surface area (Å²) in [6.07, 6.45) is -2.20. The van der Waals surface area contributed by atoms with E-state index in [1.165, 1.54) is 12.1 Å². The first-order chi connectivity index (χ1) is 11.6. The fraction of sp³-hybridized carbons (Fsp3) is 0.667.